The normalized spacial score (nSPS) is 16.3. The van der Waals surface area contributed by atoms with Crippen LogP contribution < -0.4 is 10.1 Å². The average molecular weight is 579 g/mol. The zero-order valence-corrected chi connectivity index (χ0v) is 23.1. The van der Waals surface area contributed by atoms with Crippen LogP contribution in [0.25, 0.3) is 0 Å². The van der Waals surface area contributed by atoms with E-state index >= 15 is 0 Å². The molecule has 0 radical (unpaired) electrons. The highest BCUT2D eigenvalue weighted by Gasteiger charge is 2.38. The van der Waals surface area contributed by atoms with Crippen LogP contribution in [0.5, 0.6) is 5.75 Å². The minimum absolute atomic E-state index is 0.0347. The van der Waals surface area contributed by atoms with E-state index in [1.165, 1.54) is 5.56 Å². The van der Waals surface area contributed by atoms with Gasteiger partial charge in [-0.2, -0.15) is 13.2 Å². The van der Waals surface area contributed by atoms with Crippen molar-refractivity contribution >= 4 is 17.8 Å². The lowest BCUT2D eigenvalue weighted by molar-refractivity contribution is -0.192. The Morgan fingerprint density at radius 3 is 2.10 bits per heavy atom. The molecule has 224 valence electrons. The van der Waals surface area contributed by atoms with Crippen LogP contribution in [-0.4, -0.2) is 102 Å². The van der Waals surface area contributed by atoms with Crippen molar-refractivity contribution in [2.45, 2.75) is 38.5 Å². The number of aliphatic carboxylic acids is 1. The number of alkyl halides is 3. The van der Waals surface area contributed by atoms with Gasteiger partial charge in [0.15, 0.2) is 0 Å². The Bertz CT molecular complexity index is 1120. The molecule has 12 heteroatoms. The lowest BCUT2D eigenvalue weighted by atomic mass is 10.0. The van der Waals surface area contributed by atoms with E-state index in [9.17, 15) is 22.8 Å². The van der Waals surface area contributed by atoms with Crippen LogP contribution in [0.4, 0.5) is 13.2 Å². The third-order valence-electron chi connectivity index (χ3n) is 6.94. The van der Waals surface area contributed by atoms with Crippen molar-refractivity contribution in [3.63, 3.8) is 0 Å². The standard InChI is InChI=1S/C27H36N4O3.C2HF3O2/c1-2-34-25-10-8-23(9-11-25)27(33)31(21-26(32)30-18-14-28-15-19-30)24-12-16-29(17-13-24)20-22-6-4-3-5-7-22;3-2(4,5)1(6)7/h3-11,24,28H,2,12-21H2,1H3;(H,6,7). The molecule has 2 fully saturated rings. The number of hydrogen-bond donors (Lipinski definition) is 2. The number of amides is 2. The van der Waals surface area contributed by atoms with Crippen LogP contribution >= 0.6 is 0 Å². The summed E-state index contributed by atoms with van der Waals surface area (Å²) < 4.78 is 37.3. The molecule has 2 heterocycles. The number of nitrogens with zero attached hydrogens (tertiary/aromatic N) is 3. The third-order valence-corrected chi connectivity index (χ3v) is 6.94. The Morgan fingerprint density at radius 1 is 0.976 bits per heavy atom. The Labute approximate surface area is 237 Å². The maximum Gasteiger partial charge on any atom is 0.490 e. The number of nitrogens with one attached hydrogen (secondary N) is 1. The molecule has 0 spiro atoms. The number of hydrogen-bond acceptors (Lipinski definition) is 6. The number of carboxylic acids is 1. The van der Waals surface area contributed by atoms with Crippen LogP contribution in [0.1, 0.15) is 35.7 Å². The first-order valence-electron chi connectivity index (χ1n) is 13.7. The van der Waals surface area contributed by atoms with E-state index in [2.05, 4.69) is 34.5 Å². The van der Waals surface area contributed by atoms with Gasteiger partial charge in [-0.1, -0.05) is 30.3 Å². The maximum atomic E-state index is 13.6. The fourth-order valence-corrected chi connectivity index (χ4v) is 4.78. The molecule has 0 saturated carbocycles. The topological polar surface area (TPSA) is 102 Å². The summed E-state index contributed by atoms with van der Waals surface area (Å²) in [6.45, 7) is 8.39. The molecule has 0 aliphatic carbocycles. The first-order chi connectivity index (χ1) is 19.6. The van der Waals surface area contributed by atoms with E-state index in [-0.39, 0.29) is 24.4 Å². The van der Waals surface area contributed by atoms with E-state index < -0.39 is 12.1 Å². The van der Waals surface area contributed by atoms with E-state index in [0.29, 0.717) is 25.3 Å². The maximum absolute atomic E-state index is 13.6. The molecule has 0 bridgehead atoms. The lowest BCUT2D eigenvalue weighted by Gasteiger charge is -2.39. The minimum Gasteiger partial charge on any atom is -0.494 e. The highest BCUT2D eigenvalue weighted by molar-refractivity contribution is 5.97. The number of halogens is 3. The fourth-order valence-electron chi connectivity index (χ4n) is 4.78. The highest BCUT2D eigenvalue weighted by Crippen LogP contribution is 2.22. The predicted molar refractivity (Wildman–Crippen MR) is 147 cm³/mol. The van der Waals surface area contributed by atoms with Gasteiger partial charge < -0.3 is 25.0 Å². The Kier molecular flexibility index (Phi) is 12.0. The van der Waals surface area contributed by atoms with Crippen molar-refractivity contribution in [2.75, 3.05) is 52.4 Å². The molecular formula is C29H37F3N4O5. The Morgan fingerprint density at radius 2 is 1.56 bits per heavy atom. The number of likely N-dealkylation sites (tertiary alicyclic amines) is 1. The fraction of sp³-hybridized carbons (Fsp3) is 0.483. The number of carboxylic acid groups (broad SMARTS) is 1. The second-order valence-corrected chi connectivity index (χ2v) is 9.82. The van der Waals surface area contributed by atoms with Crippen LogP contribution in [-0.2, 0) is 16.1 Å². The molecule has 0 aromatic heterocycles. The molecule has 4 rings (SSSR count). The van der Waals surface area contributed by atoms with Crippen molar-refractivity contribution in [1.82, 2.24) is 20.0 Å². The van der Waals surface area contributed by atoms with Gasteiger partial charge in [-0.05, 0) is 49.6 Å². The molecular weight excluding hydrogens is 541 g/mol. The van der Waals surface area contributed by atoms with Crippen molar-refractivity contribution < 1.29 is 37.4 Å². The number of piperidine rings is 1. The summed E-state index contributed by atoms with van der Waals surface area (Å²) in [5.41, 5.74) is 1.90. The average Bonchev–Trinajstić information content (AvgIpc) is 2.97. The quantitative estimate of drug-likeness (QED) is 0.496. The first-order valence-corrected chi connectivity index (χ1v) is 13.7. The molecule has 2 aliphatic heterocycles. The summed E-state index contributed by atoms with van der Waals surface area (Å²) in [5.74, 6) is -2.05. The molecule has 2 aromatic rings. The van der Waals surface area contributed by atoms with Gasteiger partial charge in [0, 0.05) is 57.4 Å². The van der Waals surface area contributed by atoms with Gasteiger partial charge in [-0.25, -0.2) is 4.79 Å². The second kappa shape index (κ2) is 15.4. The van der Waals surface area contributed by atoms with Crippen molar-refractivity contribution in [2.24, 2.45) is 0 Å². The van der Waals surface area contributed by atoms with Gasteiger partial charge in [0.25, 0.3) is 5.91 Å². The number of carbonyl (C=O) groups is 3. The molecule has 2 aromatic carbocycles. The zero-order valence-electron chi connectivity index (χ0n) is 23.1. The summed E-state index contributed by atoms with van der Waals surface area (Å²) in [7, 11) is 0. The second-order valence-electron chi connectivity index (χ2n) is 9.82. The summed E-state index contributed by atoms with van der Waals surface area (Å²) >= 11 is 0. The summed E-state index contributed by atoms with van der Waals surface area (Å²) in [6.07, 6.45) is -3.35. The number of ether oxygens (including phenoxy) is 1. The van der Waals surface area contributed by atoms with Crippen molar-refractivity contribution in [1.29, 1.82) is 0 Å². The summed E-state index contributed by atoms with van der Waals surface area (Å²) in [6, 6.07) is 17.8. The molecule has 0 unspecified atom stereocenters. The first kappa shape index (κ1) is 31.9. The SMILES string of the molecule is CCOc1ccc(C(=O)N(CC(=O)N2CCNCC2)C2CCN(Cc3ccccc3)CC2)cc1.O=C(O)C(F)(F)F. The predicted octanol–water partition coefficient (Wildman–Crippen LogP) is 3.26. The highest BCUT2D eigenvalue weighted by atomic mass is 19.4. The Balaban J connectivity index is 0.000000587. The van der Waals surface area contributed by atoms with Gasteiger partial charge in [0.05, 0.1) is 6.61 Å². The number of piperazine rings is 1. The van der Waals surface area contributed by atoms with Gasteiger partial charge >= 0.3 is 12.1 Å². The smallest absolute Gasteiger partial charge is 0.490 e. The minimum atomic E-state index is -5.08. The number of benzene rings is 2. The van der Waals surface area contributed by atoms with Gasteiger partial charge in [-0.15, -0.1) is 0 Å². The van der Waals surface area contributed by atoms with E-state index in [0.717, 1.165) is 51.3 Å². The van der Waals surface area contributed by atoms with E-state index in [1.54, 1.807) is 12.1 Å². The van der Waals surface area contributed by atoms with Crippen molar-refractivity contribution in [3.8, 4) is 5.75 Å². The largest absolute Gasteiger partial charge is 0.494 e. The molecule has 2 N–H and O–H groups in total. The van der Waals surface area contributed by atoms with E-state index in [1.807, 2.05) is 34.9 Å². The number of carbonyl (C=O) groups excluding carboxylic acids is 2. The summed E-state index contributed by atoms with van der Waals surface area (Å²) in [5, 5.41) is 10.4. The van der Waals surface area contributed by atoms with Crippen LogP contribution in [0, 0.1) is 0 Å². The summed E-state index contributed by atoms with van der Waals surface area (Å²) in [4.78, 5) is 41.7. The molecule has 9 nitrogen and oxygen atoms in total. The van der Waals surface area contributed by atoms with Crippen LogP contribution in [0.15, 0.2) is 54.6 Å². The van der Waals surface area contributed by atoms with Gasteiger partial charge in [-0.3, -0.25) is 14.5 Å². The third kappa shape index (κ3) is 10.0. The van der Waals surface area contributed by atoms with Gasteiger partial charge in [0.2, 0.25) is 5.91 Å². The van der Waals surface area contributed by atoms with Crippen LogP contribution in [0.2, 0.25) is 0 Å². The van der Waals surface area contributed by atoms with Gasteiger partial charge in [0.1, 0.15) is 12.3 Å². The number of rotatable bonds is 8. The molecule has 2 aliphatic rings. The lowest BCUT2D eigenvalue weighted by Crippen LogP contribution is -2.54. The molecule has 0 atom stereocenters. The zero-order chi connectivity index (χ0) is 29.8. The Hall–Kier alpha value is -3.64. The monoisotopic (exact) mass is 578 g/mol. The van der Waals surface area contributed by atoms with Crippen molar-refractivity contribution in [3.05, 3.63) is 65.7 Å². The van der Waals surface area contributed by atoms with Crippen LogP contribution in [0.3, 0.4) is 0 Å². The molecule has 2 amide bonds. The molecule has 41 heavy (non-hydrogen) atoms. The van der Waals surface area contributed by atoms with E-state index in [4.69, 9.17) is 14.6 Å². The molecule has 2 saturated heterocycles.